The van der Waals surface area contributed by atoms with Gasteiger partial charge in [0.1, 0.15) is 11.5 Å². The summed E-state index contributed by atoms with van der Waals surface area (Å²) in [4.78, 5) is 0. The van der Waals surface area contributed by atoms with Gasteiger partial charge in [-0.05, 0) is 32.0 Å². The normalized spacial score (nSPS) is 28.9. The van der Waals surface area contributed by atoms with Crippen molar-refractivity contribution in [1.82, 2.24) is 0 Å². The lowest BCUT2D eigenvalue weighted by molar-refractivity contribution is 0.0287. The Morgan fingerprint density at radius 3 is 2.50 bits per heavy atom. The largest absolute Gasteiger partial charge is 0.460 e. The molecular formula is C17H22BrO5P. The molecule has 0 saturated carbocycles. The molecule has 1 aromatic rings. The Kier molecular flexibility index (Phi) is 4.51. The van der Waals surface area contributed by atoms with Crippen molar-refractivity contribution in [3.63, 3.8) is 0 Å². The summed E-state index contributed by atoms with van der Waals surface area (Å²) in [5, 5.41) is 10.8. The number of benzene rings is 1. The van der Waals surface area contributed by atoms with Crippen molar-refractivity contribution >= 4 is 23.5 Å². The molecule has 1 fully saturated rings. The van der Waals surface area contributed by atoms with Crippen LogP contribution in [0.3, 0.4) is 0 Å². The maximum atomic E-state index is 12.9. The lowest BCUT2D eigenvalue weighted by Crippen LogP contribution is -2.33. The first-order chi connectivity index (χ1) is 11.0. The smallest absolute Gasteiger partial charge is 0.357 e. The summed E-state index contributed by atoms with van der Waals surface area (Å²) in [6.07, 6.45) is -0.794. The lowest BCUT2D eigenvalue weighted by atomic mass is 9.79. The van der Waals surface area contributed by atoms with Crippen LogP contribution in [0.4, 0.5) is 0 Å². The fourth-order valence-corrected chi connectivity index (χ4v) is 4.95. The van der Waals surface area contributed by atoms with Crippen molar-refractivity contribution < 1.29 is 23.5 Å². The summed E-state index contributed by atoms with van der Waals surface area (Å²) < 4.78 is 30.7. The van der Waals surface area contributed by atoms with Gasteiger partial charge in [-0.25, -0.2) is 0 Å². The zero-order chi connectivity index (χ0) is 17.8. The zero-order valence-corrected chi connectivity index (χ0v) is 16.7. The number of ether oxygens (including phenoxy) is 1. The predicted molar refractivity (Wildman–Crippen MR) is 94.9 cm³/mol. The summed E-state index contributed by atoms with van der Waals surface area (Å²) in [5.41, 5.74) is -0.241. The Bertz CT molecular complexity index is 726. The summed E-state index contributed by atoms with van der Waals surface area (Å²) in [6.45, 7) is 8.35. The summed E-state index contributed by atoms with van der Waals surface area (Å²) in [7, 11) is -3.40. The fourth-order valence-electron chi connectivity index (χ4n) is 2.62. The molecule has 1 aromatic carbocycles. The highest BCUT2D eigenvalue weighted by atomic mass is 79.9. The number of fused-ring (bicyclic) bond motifs is 1. The van der Waals surface area contributed by atoms with Gasteiger partial charge < -0.3 is 18.9 Å². The van der Waals surface area contributed by atoms with Crippen LogP contribution in [-0.4, -0.2) is 18.3 Å². The van der Waals surface area contributed by atoms with Crippen LogP contribution in [-0.2, 0) is 13.6 Å². The van der Waals surface area contributed by atoms with Crippen molar-refractivity contribution in [2.24, 2.45) is 10.8 Å². The highest BCUT2D eigenvalue weighted by Crippen LogP contribution is 2.59. The van der Waals surface area contributed by atoms with E-state index >= 15 is 0 Å². The van der Waals surface area contributed by atoms with E-state index in [4.69, 9.17) is 13.8 Å². The molecule has 1 unspecified atom stereocenters. The molecule has 0 aromatic heterocycles. The van der Waals surface area contributed by atoms with Crippen molar-refractivity contribution in [1.29, 1.82) is 0 Å². The third-order valence-electron chi connectivity index (χ3n) is 4.35. The minimum absolute atomic E-state index is 0.173. The summed E-state index contributed by atoms with van der Waals surface area (Å²) >= 11 is 3.40. The van der Waals surface area contributed by atoms with Crippen LogP contribution in [0.1, 0.15) is 39.4 Å². The molecule has 0 bridgehead atoms. The average molecular weight is 417 g/mol. The van der Waals surface area contributed by atoms with Crippen LogP contribution in [0.5, 0.6) is 5.75 Å². The van der Waals surface area contributed by atoms with Crippen LogP contribution in [0, 0.1) is 10.8 Å². The Morgan fingerprint density at radius 1 is 1.25 bits per heavy atom. The lowest BCUT2D eigenvalue weighted by Gasteiger charge is -2.39. The fraction of sp³-hybridized carbons (Fsp3) is 0.529. The second-order valence-electron chi connectivity index (χ2n) is 7.65. The van der Waals surface area contributed by atoms with Crippen LogP contribution < -0.4 is 4.74 Å². The highest BCUT2D eigenvalue weighted by molar-refractivity contribution is 9.10. The van der Waals surface area contributed by atoms with Crippen LogP contribution in [0.2, 0.25) is 0 Å². The van der Waals surface area contributed by atoms with Gasteiger partial charge in [0.15, 0.2) is 0 Å². The van der Waals surface area contributed by atoms with Crippen molar-refractivity contribution in [2.75, 3.05) is 13.2 Å². The van der Waals surface area contributed by atoms with E-state index in [1.54, 1.807) is 6.07 Å². The Labute approximate surface area is 150 Å². The quantitative estimate of drug-likeness (QED) is 0.651. The monoisotopic (exact) mass is 416 g/mol. The van der Waals surface area contributed by atoms with E-state index in [-0.39, 0.29) is 5.41 Å². The number of hydrogen-bond acceptors (Lipinski definition) is 5. The summed E-state index contributed by atoms with van der Waals surface area (Å²) in [6, 6.07) is 5.43. The Morgan fingerprint density at radius 2 is 1.88 bits per heavy atom. The van der Waals surface area contributed by atoms with Gasteiger partial charge in [-0.1, -0.05) is 29.8 Å². The number of aliphatic hydroxyl groups excluding tert-OH is 1. The molecule has 24 heavy (non-hydrogen) atoms. The van der Waals surface area contributed by atoms with Gasteiger partial charge in [-0.15, -0.1) is 0 Å². The van der Waals surface area contributed by atoms with E-state index in [0.29, 0.717) is 30.3 Å². The predicted octanol–water partition coefficient (Wildman–Crippen LogP) is 5.01. The van der Waals surface area contributed by atoms with Crippen molar-refractivity contribution in [3.8, 4) is 5.75 Å². The minimum Gasteiger partial charge on any atom is -0.460 e. The first-order valence-electron chi connectivity index (χ1n) is 7.80. The highest BCUT2D eigenvalue weighted by Gasteiger charge is 2.44. The van der Waals surface area contributed by atoms with Gasteiger partial charge in [-0.2, -0.15) is 0 Å². The number of aliphatic hydroxyl groups is 1. The molecule has 0 spiro atoms. The molecule has 1 atom stereocenters. The minimum atomic E-state index is -3.40. The second kappa shape index (κ2) is 5.96. The first kappa shape index (κ1) is 18.2. The maximum absolute atomic E-state index is 12.9. The molecule has 2 aliphatic heterocycles. The van der Waals surface area contributed by atoms with E-state index in [1.165, 1.54) is 5.82 Å². The first-order valence-corrected chi connectivity index (χ1v) is 10.2. The van der Waals surface area contributed by atoms with Gasteiger partial charge in [0.2, 0.25) is 0 Å². The van der Waals surface area contributed by atoms with Crippen LogP contribution in [0.15, 0.2) is 34.2 Å². The summed E-state index contributed by atoms with van der Waals surface area (Å²) in [5.74, 6) is 2.35. The van der Waals surface area contributed by atoms with Crippen molar-refractivity contribution in [2.45, 2.75) is 33.8 Å². The van der Waals surface area contributed by atoms with E-state index in [9.17, 15) is 9.67 Å². The van der Waals surface area contributed by atoms with Gasteiger partial charge >= 0.3 is 7.60 Å². The molecule has 7 heteroatoms. The SMILES string of the molecule is CC1(C)COP(=O)(/C=C2\Oc3ccc(Br)cc3C(O)C2(C)C)OC1. The molecule has 0 aliphatic carbocycles. The second-order valence-corrected chi connectivity index (χ2v) is 10.4. The number of hydrogen-bond donors (Lipinski definition) is 1. The van der Waals surface area contributed by atoms with Gasteiger partial charge in [0.05, 0.1) is 30.5 Å². The topological polar surface area (TPSA) is 65.0 Å². The molecule has 132 valence electrons. The van der Waals surface area contributed by atoms with Gasteiger partial charge in [0.25, 0.3) is 0 Å². The van der Waals surface area contributed by atoms with E-state index in [1.807, 2.05) is 39.8 Å². The third-order valence-corrected chi connectivity index (χ3v) is 6.37. The zero-order valence-electron chi connectivity index (χ0n) is 14.2. The Hall–Kier alpha value is -0.650. The molecule has 2 heterocycles. The molecule has 5 nitrogen and oxygen atoms in total. The molecule has 1 N–H and O–H groups in total. The molecule has 1 saturated heterocycles. The number of rotatable bonds is 1. The molecule has 2 aliphatic rings. The van der Waals surface area contributed by atoms with E-state index < -0.39 is 19.1 Å². The maximum Gasteiger partial charge on any atom is 0.357 e. The number of halogens is 1. The third kappa shape index (κ3) is 3.35. The standard InChI is InChI=1S/C17H22BrO5P/c1-16(2)9-21-24(20,22-10-16)8-14-17(3,4)15(19)12-7-11(18)5-6-13(12)23-14/h5-8,15,19H,9-10H2,1-4H3/b14-8-. The van der Waals surface area contributed by atoms with Crippen LogP contribution in [0.25, 0.3) is 0 Å². The molecule has 3 rings (SSSR count). The van der Waals surface area contributed by atoms with E-state index in [0.717, 1.165) is 4.47 Å². The van der Waals surface area contributed by atoms with Gasteiger partial charge in [0, 0.05) is 15.5 Å². The van der Waals surface area contributed by atoms with E-state index in [2.05, 4.69) is 15.9 Å². The van der Waals surface area contributed by atoms with Crippen molar-refractivity contribution in [3.05, 3.63) is 39.8 Å². The molecular weight excluding hydrogens is 395 g/mol. The molecule has 0 amide bonds. The molecule has 0 radical (unpaired) electrons. The average Bonchev–Trinajstić information content (AvgIpc) is 2.50. The Balaban J connectivity index is 1.96. The van der Waals surface area contributed by atoms with Crippen LogP contribution >= 0.6 is 23.5 Å². The van der Waals surface area contributed by atoms with Gasteiger partial charge in [-0.3, -0.25) is 4.57 Å².